The summed E-state index contributed by atoms with van der Waals surface area (Å²) in [6.45, 7) is 1.06. The number of hydrogen-bond donors (Lipinski definition) is 2. The molecule has 2 aliphatic heterocycles. The molecule has 3 heterocycles. The van der Waals surface area contributed by atoms with Crippen molar-refractivity contribution in [3.63, 3.8) is 0 Å². The van der Waals surface area contributed by atoms with Crippen molar-refractivity contribution in [1.29, 1.82) is 0 Å². The molecule has 7 nitrogen and oxygen atoms in total. The Morgan fingerprint density at radius 2 is 2.04 bits per heavy atom. The number of para-hydroxylation sites is 1. The molecule has 2 aliphatic rings. The van der Waals surface area contributed by atoms with E-state index >= 15 is 0 Å². The second kappa shape index (κ2) is 6.20. The Bertz CT molecular complexity index is 879. The number of nitrogens with zero attached hydrogens (tertiary/aromatic N) is 1. The number of carbonyl (C=O) groups excluding carboxylic acids is 1. The van der Waals surface area contributed by atoms with Gasteiger partial charge >= 0.3 is 6.03 Å². The SMILES string of the molecule is O=C(Nc1ccccc1-c1ccco1)N1CCN[C@H]2CS(=O)(=O)C[C@H]21. The van der Waals surface area contributed by atoms with Crippen LogP contribution in [0.25, 0.3) is 11.3 Å². The van der Waals surface area contributed by atoms with E-state index in [9.17, 15) is 13.2 Å². The number of furan rings is 1. The van der Waals surface area contributed by atoms with Crippen LogP contribution in [-0.4, -0.2) is 56.0 Å². The quantitative estimate of drug-likeness (QED) is 0.847. The number of piperazine rings is 1. The van der Waals surface area contributed by atoms with Crippen molar-refractivity contribution in [3.8, 4) is 11.3 Å². The molecular formula is C17H19N3O4S. The molecule has 0 unspecified atom stereocenters. The molecule has 132 valence electrons. The van der Waals surface area contributed by atoms with Gasteiger partial charge in [0.1, 0.15) is 5.76 Å². The molecule has 2 amide bonds. The van der Waals surface area contributed by atoms with Crippen molar-refractivity contribution in [2.75, 3.05) is 29.9 Å². The third kappa shape index (κ3) is 3.14. The Labute approximate surface area is 145 Å². The summed E-state index contributed by atoms with van der Waals surface area (Å²) in [4.78, 5) is 14.4. The summed E-state index contributed by atoms with van der Waals surface area (Å²) in [7, 11) is -3.11. The van der Waals surface area contributed by atoms with Gasteiger partial charge in [-0.1, -0.05) is 12.1 Å². The van der Waals surface area contributed by atoms with Gasteiger partial charge in [0, 0.05) is 24.7 Å². The van der Waals surface area contributed by atoms with Crippen LogP contribution in [0.1, 0.15) is 0 Å². The topological polar surface area (TPSA) is 91.7 Å². The smallest absolute Gasteiger partial charge is 0.322 e. The summed E-state index contributed by atoms with van der Waals surface area (Å²) in [5, 5.41) is 6.12. The maximum Gasteiger partial charge on any atom is 0.322 e. The van der Waals surface area contributed by atoms with Gasteiger partial charge in [0.15, 0.2) is 9.84 Å². The molecule has 0 aliphatic carbocycles. The predicted molar refractivity (Wildman–Crippen MR) is 94.1 cm³/mol. The largest absolute Gasteiger partial charge is 0.464 e. The molecule has 2 N–H and O–H groups in total. The average Bonchev–Trinajstić information content (AvgIpc) is 3.20. The lowest BCUT2D eigenvalue weighted by molar-refractivity contribution is 0.163. The fraction of sp³-hybridized carbons (Fsp3) is 0.353. The lowest BCUT2D eigenvalue weighted by Gasteiger charge is -2.37. The highest BCUT2D eigenvalue weighted by Crippen LogP contribution is 2.29. The molecule has 0 radical (unpaired) electrons. The van der Waals surface area contributed by atoms with Crippen LogP contribution in [0.3, 0.4) is 0 Å². The Kier molecular flexibility index (Phi) is 4.01. The predicted octanol–water partition coefficient (Wildman–Crippen LogP) is 1.55. The highest BCUT2D eigenvalue weighted by Gasteiger charge is 2.44. The minimum atomic E-state index is -3.11. The summed E-state index contributed by atoms with van der Waals surface area (Å²) in [5.74, 6) is 0.764. The second-order valence-corrected chi connectivity index (χ2v) is 8.51. The molecule has 8 heteroatoms. The average molecular weight is 361 g/mol. The number of urea groups is 1. The first-order valence-corrected chi connectivity index (χ1v) is 10.00. The summed E-state index contributed by atoms with van der Waals surface area (Å²) < 4.78 is 29.3. The normalized spacial score (nSPS) is 24.7. The van der Waals surface area contributed by atoms with Crippen molar-refractivity contribution >= 4 is 21.6 Å². The molecule has 1 aromatic heterocycles. The van der Waals surface area contributed by atoms with Gasteiger partial charge in [-0.15, -0.1) is 0 Å². The van der Waals surface area contributed by atoms with Gasteiger partial charge in [0.05, 0.1) is 29.5 Å². The molecule has 4 rings (SSSR count). The van der Waals surface area contributed by atoms with E-state index in [4.69, 9.17) is 4.42 Å². The van der Waals surface area contributed by atoms with Gasteiger partial charge in [-0.25, -0.2) is 13.2 Å². The number of carbonyl (C=O) groups is 1. The number of benzene rings is 1. The Hall–Kier alpha value is -2.32. The lowest BCUT2D eigenvalue weighted by Crippen LogP contribution is -2.59. The molecule has 0 spiro atoms. The number of nitrogens with one attached hydrogen (secondary N) is 2. The van der Waals surface area contributed by atoms with Gasteiger partial charge in [-0.3, -0.25) is 0 Å². The van der Waals surface area contributed by atoms with E-state index in [-0.39, 0.29) is 29.6 Å². The van der Waals surface area contributed by atoms with E-state index in [1.54, 1.807) is 23.3 Å². The van der Waals surface area contributed by atoms with E-state index in [0.29, 0.717) is 24.5 Å². The molecular weight excluding hydrogens is 342 g/mol. The minimum absolute atomic E-state index is 0.0118. The van der Waals surface area contributed by atoms with E-state index in [1.165, 1.54) is 0 Å². The summed E-state index contributed by atoms with van der Waals surface area (Å²) in [5.41, 5.74) is 1.42. The molecule has 1 aromatic carbocycles. The Morgan fingerprint density at radius 1 is 1.20 bits per heavy atom. The van der Waals surface area contributed by atoms with Crippen LogP contribution in [0.5, 0.6) is 0 Å². The van der Waals surface area contributed by atoms with E-state index in [2.05, 4.69) is 10.6 Å². The third-order valence-corrected chi connectivity index (χ3v) is 6.41. The lowest BCUT2D eigenvalue weighted by atomic mass is 10.1. The molecule has 0 saturated carbocycles. The molecule has 25 heavy (non-hydrogen) atoms. The fourth-order valence-electron chi connectivity index (χ4n) is 3.55. The number of amides is 2. The highest BCUT2D eigenvalue weighted by molar-refractivity contribution is 7.91. The first kappa shape index (κ1) is 16.2. The van der Waals surface area contributed by atoms with Gasteiger partial charge in [-0.05, 0) is 24.3 Å². The zero-order valence-corrected chi connectivity index (χ0v) is 14.3. The summed E-state index contributed by atoms with van der Waals surface area (Å²) in [6.07, 6.45) is 1.58. The van der Waals surface area contributed by atoms with Crippen LogP contribution < -0.4 is 10.6 Å². The maximum absolute atomic E-state index is 12.8. The van der Waals surface area contributed by atoms with Crippen molar-refractivity contribution in [1.82, 2.24) is 10.2 Å². The van der Waals surface area contributed by atoms with Crippen molar-refractivity contribution in [2.45, 2.75) is 12.1 Å². The fourth-order valence-corrected chi connectivity index (χ4v) is 5.50. The number of sulfone groups is 1. The molecule has 0 bridgehead atoms. The van der Waals surface area contributed by atoms with Gasteiger partial charge in [0.25, 0.3) is 0 Å². The summed E-state index contributed by atoms with van der Waals surface area (Å²) >= 11 is 0. The van der Waals surface area contributed by atoms with Crippen LogP contribution in [-0.2, 0) is 9.84 Å². The number of rotatable bonds is 2. The van der Waals surface area contributed by atoms with E-state index in [0.717, 1.165) is 5.56 Å². The van der Waals surface area contributed by atoms with E-state index in [1.807, 2.05) is 24.3 Å². The van der Waals surface area contributed by atoms with Crippen LogP contribution in [0, 0.1) is 0 Å². The monoisotopic (exact) mass is 361 g/mol. The zero-order valence-electron chi connectivity index (χ0n) is 13.5. The molecule has 2 atom stereocenters. The van der Waals surface area contributed by atoms with Crippen LogP contribution >= 0.6 is 0 Å². The number of fused-ring (bicyclic) bond motifs is 1. The van der Waals surface area contributed by atoms with Crippen LogP contribution in [0.2, 0.25) is 0 Å². The van der Waals surface area contributed by atoms with Crippen LogP contribution in [0.4, 0.5) is 10.5 Å². The van der Waals surface area contributed by atoms with E-state index < -0.39 is 9.84 Å². The Morgan fingerprint density at radius 3 is 2.84 bits per heavy atom. The van der Waals surface area contributed by atoms with Crippen molar-refractivity contribution < 1.29 is 17.6 Å². The van der Waals surface area contributed by atoms with Gasteiger partial charge < -0.3 is 20.0 Å². The number of anilines is 1. The standard InChI is InChI=1S/C17H19N3O4S/c21-17(20-8-7-18-14-10-25(22,23)11-15(14)20)19-13-5-2-1-4-12(13)16-6-3-9-24-16/h1-6,9,14-15,18H,7-8,10-11H2,(H,19,21)/t14-,15+/m0/s1. The molecule has 2 aromatic rings. The van der Waals surface area contributed by atoms with Gasteiger partial charge in [-0.2, -0.15) is 0 Å². The van der Waals surface area contributed by atoms with Crippen molar-refractivity contribution in [2.24, 2.45) is 0 Å². The van der Waals surface area contributed by atoms with Crippen LogP contribution in [0.15, 0.2) is 47.1 Å². The first-order chi connectivity index (χ1) is 12.0. The summed E-state index contributed by atoms with van der Waals surface area (Å²) in [6, 6.07) is 10.2. The van der Waals surface area contributed by atoms with Gasteiger partial charge in [0.2, 0.25) is 0 Å². The molecule has 2 saturated heterocycles. The number of hydrogen-bond acceptors (Lipinski definition) is 5. The minimum Gasteiger partial charge on any atom is -0.464 e. The molecule has 2 fully saturated rings. The zero-order chi connectivity index (χ0) is 17.4. The second-order valence-electron chi connectivity index (χ2n) is 6.35. The first-order valence-electron chi connectivity index (χ1n) is 8.18. The Balaban J connectivity index is 1.57. The van der Waals surface area contributed by atoms with Crippen molar-refractivity contribution in [3.05, 3.63) is 42.7 Å². The highest BCUT2D eigenvalue weighted by atomic mass is 32.2. The third-order valence-electron chi connectivity index (χ3n) is 4.70. The maximum atomic E-state index is 12.8.